The molecule has 0 radical (unpaired) electrons. The van der Waals surface area contributed by atoms with E-state index in [0.717, 1.165) is 6.20 Å². The van der Waals surface area contributed by atoms with Crippen LogP contribution in [0.1, 0.15) is 26.3 Å². The molecule has 0 aliphatic heterocycles. The van der Waals surface area contributed by atoms with Crippen molar-refractivity contribution < 1.29 is 19.6 Å². The summed E-state index contributed by atoms with van der Waals surface area (Å²) in [5, 5.41) is 22.2. The van der Waals surface area contributed by atoms with Crippen LogP contribution >= 0.6 is 0 Å². The minimum Gasteiger partial charge on any atom is -0.508 e. The third-order valence-electron chi connectivity index (χ3n) is 2.05. The van der Waals surface area contributed by atoms with Crippen LogP contribution in [-0.2, 0) is 4.74 Å². The second kappa shape index (κ2) is 6.05. The van der Waals surface area contributed by atoms with Crippen molar-refractivity contribution in [2.75, 3.05) is 5.32 Å². The van der Waals surface area contributed by atoms with E-state index in [1.165, 1.54) is 24.3 Å². The molecule has 0 bridgehead atoms. The van der Waals surface area contributed by atoms with Gasteiger partial charge in [0.2, 0.25) is 6.20 Å². The fourth-order valence-corrected chi connectivity index (χ4v) is 1.36. The van der Waals surface area contributed by atoms with Crippen molar-refractivity contribution in [1.29, 1.82) is 0 Å². The molecule has 0 aliphatic rings. The quantitative estimate of drug-likeness (QED) is 0.503. The summed E-state index contributed by atoms with van der Waals surface area (Å²) in [7, 11) is 0. The molecule has 0 saturated heterocycles. The molecule has 7 heteroatoms. The number of ether oxygens (including phenoxy) is 1. The summed E-state index contributed by atoms with van der Waals surface area (Å²) >= 11 is 0. The Hall–Kier alpha value is -2.57. The highest BCUT2D eigenvalue weighted by Crippen LogP contribution is 2.23. The Labute approximate surface area is 116 Å². The molecule has 0 saturated carbocycles. The van der Waals surface area contributed by atoms with Gasteiger partial charge in [-0.25, -0.2) is 4.79 Å². The van der Waals surface area contributed by atoms with E-state index in [2.05, 4.69) is 5.32 Å². The summed E-state index contributed by atoms with van der Waals surface area (Å²) in [6, 6.07) is 4.09. The smallest absolute Gasteiger partial charge is 0.412 e. The number of carbonyl (C=O) groups is 1. The predicted molar refractivity (Wildman–Crippen MR) is 74.0 cm³/mol. The molecule has 0 fully saturated rings. The number of phenols is 1. The molecule has 1 rings (SSSR count). The zero-order valence-corrected chi connectivity index (χ0v) is 11.4. The van der Waals surface area contributed by atoms with Crippen LogP contribution in [-0.4, -0.2) is 21.7 Å². The van der Waals surface area contributed by atoms with Crippen LogP contribution in [0.5, 0.6) is 5.75 Å². The van der Waals surface area contributed by atoms with E-state index in [4.69, 9.17) is 4.74 Å². The van der Waals surface area contributed by atoms with Crippen LogP contribution in [0, 0.1) is 10.1 Å². The highest BCUT2D eigenvalue weighted by molar-refractivity contribution is 5.88. The fourth-order valence-electron chi connectivity index (χ4n) is 1.36. The van der Waals surface area contributed by atoms with Crippen LogP contribution in [0.2, 0.25) is 0 Å². The lowest BCUT2D eigenvalue weighted by Gasteiger charge is -2.20. The number of nitrogens with one attached hydrogen (secondary N) is 1. The van der Waals surface area contributed by atoms with Crippen LogP contribution in [0.3, 0.4) is 0 Å². The number of carbonyl (C=O) groups excluding carboxylic acids is 1. The third kappa shape index (κ3) is 5.38. The zero-order chi connectivity index (χ0) is 15.3. The number of nitrogens with zero attached hydrogens (tertiary/aromatic N) is 1. The van der Waals surface area contributed by atoms with Gasteiger partial charge in [-0.2, -0.15) is 0 Å². The number of phenolic OH excluding ortho intramolecular Hbond substituents is 1. The van der Waals surface area contributed by atoms with Crippen molar-refractivity contribution >= 4 is 17.9 Å². The highest BCUT2D eigenvalue weighted by Gasteiger charge is 2.17. The molecule has 1 aromatic carbocycles. The second-order valence-electron chi connectivity index (χ2n) is 5.00. The van der Waals surface area contributed by atoms with Gasteiger partial charge < -0.3 is 9.84 Å². The monoisotopic (exact) mass is 280 g/mol. The fraction of sp³-hybridized carbons (Fsp3) is 0.308. The van der Waals surface area contributed by atoms with Gasteiger partial charge in [0.25, 0.3) is 0 Å². The lowest BCUT2D eigenvalue weighted by Crippen LogP contribution is -2.27. The Kier molecular flexibility index (Phi) is 4.68. The summed E-state index contributed by atoms with van der Waals surface area (Å²) in [6.07, 6.45) is 1.21. The predicted octanol–water partition coefficient (Wildman–Crippen LogP) is 2.99. The first-order chi connectivity index (χ1) is 9.17. The lowest BCUT2D eigenvalue weighted by atomic mass is 10.1. The summed E-state index contributed by atoms with van der Waals surface area (Å²) in [4.78, 5) is 21.3. The second-order valence-corrected chi connectivity index (χ2v) is 5.00. The maximum atomic E-state index is 11.6. The number of amides is 1. The number of aromatic hydroxyl groups is 1. The van der Waals surface area contributed by atoms with E-state index < -0.39 is 16.6 Å². The van der Waals surface area contributed by atoms with E-state index in [9.17, 15) is 20.0 Å². The van der Waals surface area contributed by atoms with E-state index in [0.29, 0.717) is 11.3 Å². The van der Waals surface area contributed by atoms with Gasteiger partial charge in [0.05, 0.1) is 10.6 Å². The van der Waals surface area contributed by atoms with Crippen molar-refractivity contribution in [1.82, 2.24) is 0 Å². The molecule has 0 heterocycles. The minimum atomic E-state index is -0.682. The lowest BCUT2D eigenvalue weighted by molar-refractivity contribution is -0.400. The van der Waals surface area contributed by atoms with E-state index in [1.54, 1.807) is 20.8 Å². The number of anilines is 1. The Morgan fingerprint density at radius 3 is 2.65 bits per heavy atom. The molecule has 1 aromatic rings. The number of nitro groups is 1. The average Bonchev–Trinajstić information content (AvgIpc) is 2.26. The van der Waals surface area contributed by atoms with Gasteiger partial charge in [-0.15, -0.1) is 0 Å². The molecular formula is C13H16N2O5. The maximum Gasteiger partial charge on any atom is 0.412 e. The normalized spacial score (nSPS) is 11.3. The van der Waals surface area contributed by atoms with E-state index in [1.807, 2.05) is 0 Å². The van der Waals surface area contributed by atoms with Gasteiger partial charge in [-0.3, -0.25) is 15.4 Å². The zero-order valence-electron chi connectivity index (χ0n) is 11.4. The number of rotatable bonds is 3. The van der Waals surface area contributed by atoms with E-state index >= 15 is 0 Å². The number of hydrogen-bond donors (Lipinski definition) is 2. The Balaban J connectivity index is 2.94. The third-order valence-corrected chi connectivity index (χ3v) is 2.05. The molecule has 20 heavy (non-hydrogen) atoms. The van der Waals surface area contributed by atoms with E-state index in [-0.39, 0.29) is 5.75 Å². The van der Waals surface area contributed by atoms with Gasteiger partial charge in [0, 0.05) is 11.6 Å². The van der Waals surface area contributed by atoms with Crippen molar-refractivity contribution in [3.63, 3.8) is 0 Å². The highest BCUT2D eigenvalue weighted by atomic mass is 16.6. The van der Waals surface area contributed by atoms with Crippen LogP contribution in [0.4, 0.5) is 10.5 Å². The molecule has 108 valence electrons. The first-order valence-corrected chi connectivity index (χ1v) is 5.82. The molecule has 1 amide bonds. The standard InChI is InChI=1S/C13H16N2O5/c1-13(2,3)20-12(17)14-11-5-4-10(16)8-9(11)6-7-15(18)19/h4-8,16H,1-3H3,(H,14,17)/b7-6+. The Bertz CT molecular complexity index is 546. The SMILES string of the molecule is CC(C)(C)OC(=O)Nc1ccc(O)cc1/C=C/[N+](=O)[O-]. The maximum absolute atomic E-state index is 11.6. The van der Waals surface area contributed by atoms with Crippen LogP contribution in [0.15, 0.2) is 24.4 Å². The summed E-state index contributed by atoms with van der Waals surface area (Å²) < 4.78 is 5.08. The Morgan fingerprint density at radius 1 is 1.45 bits per heavy atom. The first-order valence-electron chi connectivity index (χ1n) is 5.82. The van der Waals surface area contributed by atoms with Crippen molar-refractivity contribution in [3.8, 4) is 5.75 Å². The molecular weight excluding hydrogens is 264 g/mol. The topological polar surface area (TPSA) is 102 Å². The molecule has 0 aromatic heterocycles. The van der Waals surface area contributed by atoms with Crippen LogP contribution in [0.25, 0.3) is 6.08 Å². The minimum absolute atomic E-state index is 0.0669. The molecule has 7 nitrogen and oxygen atoms in total. The number of benzene rings is 1. The summed E-state index contributed by atoms with van der Waals surface area (Å²) in [6.45, 7) is 5.16. The van der Waals surface area contributed by atoms with Gasteiger partial charge in [-0.05, 0) is 39.0 Å². The Morgan fingerprint density at radius 2 is 2.10 bits per heavy atom. The first kappa shape index (κ1) is 15.5. The molecule has 0 unspecified atom stereocenters. The van der Waals surface area contributed by atoms with Gasteiger partial charge in [0.15, 0.2) is 0 Å². The van der Waals surface area contributed by atoms with Crippen molar-refractivity contribution in [2.24, 2.45) is 0 Å². The van der Waals surface area contributed by atoms with Crippen molar-refractivity contribution in [2.45, 2.75) is 26.4 Å². The molecule has 0 aliphatic carbocycles. The largest absolute Gasteiger partial charge is 0.508 e. The molecule has 0 atom stereocenters. The van der Waals surface area contributed by atoms with Gasteiger partial charge in [0.1, 0.15) is 11.4 Å². The average molecular weight is 280 g/mol. The summed E-state index contributed by atoms with van der Waals surface area (Å²) in [5.74, 6) is -0.0669. The number of hydrogen-bond acceptors (Lipinski definition) is 5. The molecule has 2 N–H and O–H groups in total. The molecule has 0 spiro atoms. The van der Waals surface area contributed by atoms with Crippen LogP contribution < -0.4 is 5.32 Å². The van der Waals surface area contributed by atoms with Gasteiger partial charge in [-0.1, -0.05) is 0 Å². The van der Waals surface area contributed by atoms with Gasteiger partial charge >= 0.3 is 6.09 Å². The summed E-state index contributed by atoms with van der Waals surface area (Å²) in [5.41, 5.74) is -0.0552. The van der Waals surface area contributed by atoms with Crippen molar-refractivity contribution in [3.05, 3.63) is 40.1 Å².